The molecule has 2 aromatic rings. The Bertz CT molecular complexity index is 612. The van der Waals surface area contributed by atoms with Gasteiger partial charge in [-0.1, -0.05) is 42.5 Å². The lowest BCUT2D eigenvalue weighted by Gasteiger charge is -2.17. The minimum Gasteiger partial charge on any atom is -0.346 e. The summed E-state index contributed by atoms with van der Waals surface area (Å²) < 4.78 is 13.1. The number of carbonyl (C=O) groups is 1. The van der Waals surface area contributed by atoms with E-state index in [-0.39, 0.29) is 11.7 Å². The fourth-order valence-corrected chi connectivity index (χ4v) is 2.58. The van der Waals surface area contributed by atoms with Gasteiger partial charge in [0.2, 0.25) is 5.91 Å². The van der Waals surface area contributed by atoms with Gasteiger partial charge in [-0.25, -0.2) is 4.39 Å². The Kier molecular flexibility index (Phi) is 6.79. The number of benzene rings is 2. The lowest BCUT2D eigenvalue weighted by molar-refractivity contribution is -0.129. The van der Waals surface area contributed by atoms with E-state index in [0.717, 1.165) is 31.4 Å². The van der Waals surface area contributed by atoms with Gasteiger partial charge in [0.05, 0.1) is 0 Å². The number of amides is 1. The topological polar surface area (TPSA) is 20.3 Å². The van der Waals surface area contributed by atoms with Crippen molar-refractivity contribution in [3.63, 3.8) is 0 Å². The molecule has 0 aromatic heterocycles. The molecule has 0 N–H and O–H groups in total. The molecule has 0 fully saturated rings. The second kappa shape index (κ2) is 9.09. The van der Waals surface area contributed by atoms with Gasteiger partial charge in [-0.3, -0.25) is 4.79 Å². The predicted molar refractivity (Wildman–Crippen MR) is 91.7 cm³/mol. The van der Waals surface area contributed by atoms with Crippen LogP contribution in [0.4, 0.5) is 4.39 Å². The maximum atomic E-state index is 13.1. The van der Waals surface area contributed by atoms with Crippen LogP contribution in [0.5, 0.6) is 0 Å². The molecule has 3 heteroatoms. The zero-order valence-corrected chi connectivity index (χ0v) is 13.7. The molecule has 0 spiro atoms. The first kappa shape index (κ1) is 17.2. The van der Waals surface area contributed by atoms with Crippen molar-refractivity contribution in [3.8, 4) is 0 Å². The maximum absolute atomic E-state index is 13.1. The molecule has 23 heavy (non-hydrogen) atoms. The third-order valence-electron chi connectivity index (χ3n) is 3.99. The Labute approximate surface area is 137 Å². The summed E-state index contributed by atoms with van der Waals surface area (Å²) in [6, 6.07) is 16.8. The molecule has 122 valence electrons. The Morgan fingerprint density at radius 1 is 0.957 bits per heavy atom. The summed E-state index contributed by atoms with van der Waals surface area (Å²) in [4.78, 5) is 13.9. The van der Waals surface area contributed by atoms with E-state index in [1.54, 1.807) is 11.0 Å². The van der Waals surface area contributed by atoms with Crippen molar-refractivity contribution >= 4 is 5.91 Å². The Balaban J connectivity index is 1.64. The summed E-state index contributed by atoms with van der Waals surface area (Å²) in [5, 5.41) is 0. The molecule has 0 heterocycles. The molecule has 0 saturated carbocycles. The van der Waals surface area contributed by atoms with Crippen molar-refractivity contribution in [2.24, 2.45) is 0 Å². The first-order valence-corrected chi connectivity index (χ1v) is 8.17. The Morgan fingerprint density at radius 3 is 2.43 bits per heavy atom. The van der Waals surface area contributed by atoms with E-state index in [0.29, 0.717) is 12.8 Å². The highest BCUT2D eigenvalue weighted by Gasteiger charge is 2.08. The van der Waals surface area contributed by atoms with Crippen LogP contribution in [0.15, 0.2) is 54.6 Å². The number of hydrogen-bond acceptors (Lipinski definition) is 1. The summed E-state index contributed by atoms with van der Waals surface area (Å²) in [7, 11) is 1.84. The third-order valence-corrected chi connectivity index (χ3v) is 3.99. The van der Waals surface area contributed by atoms with Crippen LogP contribution in [-0.2, 0) is 17.6 Å². The van der Waals surface area contributed by atoms with Gasteiger partial charge >= 0.3 is 0 Å². The average molecular weight is 313 g/mol. The van der Waals surface area contributed by atoms with E-state index < -0.39 is 0 Å². The van der Waals surface area contributed by atoms with Crippen LogP contribution in [0.2, 0.25) is 0 Å². The van der Waals surface area contributed by atoms with Crippen molar-refractivity contribution in [1.82, 2.24) is 4.90 Å². The van der Waals surface area contributed by atoms with Gasteiger partial charge in [0.25, 0.3) is 0 Å². The number of halogens is 1. The Hall–Kier alpha value is -2.16. The summed E-state index contributed by atoms with van der Waals surface area (Å²) in [5.74, 6) is -0.127. The van der Waals surface area contributed by atoms with Crippen molar-refractivity contribution in [2.75, 3.05) is 13.6 Å². The fourth-order valence-electron chi connectivity index (χ4n) is 2.58. The largest absolute Gasteiger partial charge is 0.346 e. The number of unbranched alkanes of at least 4 members (excludes halogenated alkanes) is 1. The summed E-state index contributed by atoms with van der Waals surface area (Å²) >= 11 is 0. The second-order valence-electron chi connectivity index (χ2n) is 5.89. The molecule has 0 atom stereocenters. The van der Waals surface area contributed by atoms with Crippen LogP contribution in [-0.4, -0.2) is 24.4 Å². The van der Waals surface area contributed by atoms with E-state index in [1.807, 2.05) is 19.2 Å². The molecule has 0 aliphatic carbocycles. The van der Waals surface area contributed by atoms with E-state index in [9.17, 15) is 9.18 Å². The van der Waals surface area contributed by atoms with Crippen LogP contribution >= 0.6 is 0 Å². The van der Waals surface area contributed by atoms with Crippen LogP contribution in [0.1, 0.15) is 30.4 Å². The molecule has 2 nitrogen and oxygen atoms in total. The number of rotatable bonds is 8. The highest BCUT2D eigenvalue weighted by Crippen LogP contribution is 2.08. The molecule has 0 bridgehead atoms. The van der Waals surface area contributed by atoms with Crippen molar-refractivity contribution in [1.29, 1.82) is 0 Å². The van der Waals surface area contributed by atoms with Crippen molar-refractivity contribution in [3.05, 3.63) is 71.5 Å². The van der Waals surface area contributed by atoms with Crippen LogP contribution in [0, 0.1) is 5.82 Å². The standard InChI is InChI=1S/C20H24FNO/c1-22(15-6-5-10-17-8-3-2-4-9-17)20(23)14-13-18-11-7-12-19(21)16-18/h2-4,7-9,11-12,16H,5-6,10,13-15H2,1H3. The third kappa shape index (κ3) is 6.23. The van der Waals surface area contributed by atoms with Gasteiger partial charge in [0.15, 0.2) is 0 Å². The molecule has 0 radical (unpaired) electrons. The van der Waals surface area contributed by atoms with E-state index in [2.05, 4.69) is 24.3 Å². The fraction of sp³-hybridized carbons (Fsp3) is 0.350. The molecular formula is C20H24FNO. The number of carbonyl (C=O) groups excluding carboxylic acids is 1. The smallest absolute Gasteiger partial charge is 0.222 e. The minimum atomic E-state index is -0.246. The average Bonchev–Trinajstić information content (AvgIpc) is 2.57. The lowest BCUT2D eigenvalue weighted by atomic mass is 10.1. The molecule has 0 saturated heterocycles. The molecule has 2 aromatic carbocycles. The molecule has 0 aliphatic rings. The van der Waals surface area contributed by atoms with Gasteiger partial charge in [-0.15, -0.1) is 0 Å². The van der Waals surface area contributed by atoms with Gasteiger partial charge < -0.3 is 4.90 Å². The zero-order chi connectivity index (χ0) is 16.5. The van der Waals surface area contributed by atoms with Crippen LogP contribution in [0.25, 0.3) is 0 Å². The van der Waals surface area contributed by atoms with Gasteiger partial charge in [0, 0.05) is 20.0 Å². The SMILES string of the molecule is CN(CCCCc1ccccc1)C(=O)CCc1cccc(F)c1. The molecule has 0 unspecified atom stereocenters. The summed E-state index contributed by atoms with van der Waals surface area (Å²) in [6.45, 7) is 0.773. The summed E-state index contributed by atoms with van der Waals surface area (Å²) in [5.41, 5.74) is 2.21. The summed E-state index contributed by atoms with van der Waals surface area (Å²) in [6.07, 6.45) is 4.14. The number of aryl methyl sites for hydroxylation is 2. The highest BCUT2D eigenvalue weighted by atomic mass is 19.1. The van der Waals surface area contributed by atoms with Gasteiger partial charge in [0.1, 0.15) is 5.82 Å². The second-order valence-corrected chi connectivity index (χ2v) is 5.89. The van der Waals surface area contributed by atoms with Crippen LogP contribution in [0.3, 0.4) is 0 Å². The van der Waals surface area contributed by atoms with Crippen molar-refractivity contribution in [2.45, 2.75) is 32.1 Å². The highest BCUT2D eigenvalue weighted by molar-refractivity contribution is 5.76. The number of hydrogen-bond donors (Lipinski definition) is 0. The molecule has 2 rings (SSSR count). The zero-order valence-electron chi connectivity index (χ0n) is 13.7. The van der Waals surface area contributed by atoms with Gasteiger partial charge in [-0.2, -0.15) is 0 Å². The normalized spacial score (nSPS) is 10.5. The van der Waals surface area contributed by atoms with Crippen molar-refractivity contribution < 1.29 is 9.18 Å². The molecular weight excluding hydrogens is 289 g/mol. The van der Waals surface area contributed by atoms with Gasteiger partial charge in [-0.05, 0) is 48.9 Å². The van der Waals surface area contributed by atoms with E-state index in [1.165, 1.54) is 17.7 Å². The predicted octanol–water partition coefficient (Wildman–Crippen LogP) is 4.24. The molecule has 0 aliphatic heterocycles. The minimum absolute atomic E-state index is 0.119. The van der Waals surface area contributed by atoms with E-state index >= 15 is 0 Å². The number of nitrogens with zero attached hydrogens (tertiary/aromatic N) is 1. The first-order chi connectivity index (χ1) is 11.1. The lowest BCUT2D eigenvalue weighted by Crippen LogP contribution is -2.28. The Morgan fingerprint density at radius 2 is 1.70 bits per heavy atom. The van der Waals surface area contributed by atoms with Crippen LogP contribution < -0.4 is 0 Å². The maximum Gasteiger partial charge on any atom is 0.222 e. The van der Waals surface area contributed by atoms with E-state index in [4.69, 9.17) is 0 Å². The molecule has 1 amide bonds. The monoisotopic (exact) mass is 313 g/mol. The quantitative estimate of drug-likeness (QED) is 0.668. The first-order valence-electron chi connectivity index (χ1n) is 8.17.